The summed E-state index contributed by atoms with van der Waals surface area (Å²) in [4.78, 5) is 4.48. The van der Waals surface area contributed by atoms with Crippen molar-refractivity contribution in [1.29, 1.82) is 0 Å². The highest BCUT2D eigenvalue weighted by atomic mass is 35.5. The van der Waals surface area contributed by atoms with Crippen molar-refractivity contribution in [2.75, 3.05) is 6.61 Å². The highest BCUT2D eigenvalue weighted by molar-refractivity contribution is 6.76. The van der Waals surface area contributed by atoms with Gasteiger partial charge in [-0.15, -0.1) is 0 Å². The summed E-state index contributed by atoms with van der Waals surface area (Å²) >= 11 is 6.28. The number of aromatic nitrogens is 2. The van der Waals surface area contributed by atoms with Crippen molar-refractivity contribution in [1.82, 2.24) is 9.55 Å². The Morgan fingerprint density at radius 3 is 2.76 bits per heavy atom. The number of pyridine rings is 1. The van der Waals surface area contributed by atoms with Crippen molar-refractivity contribution in [3.63, 3.8) is 0 Å². The molecule has 116 valence electrons. The molecule has 0 aliphatic carbocycles. The molecule has 0 fully saturated rings. The third kappa shape index (κ3) is 4.31. The number of hydrogen-bond acceptors (Lipinski definition) is 2. The SMILES string of the molecule is CCCn1c(COCC[Si](C)(C)C)cc2c(Cl)ccnc21. The van der Waals surface area contributed by atoms with Crippen molar-refractivity contribution < 1.29 is 4.74 Å². The van der Waals surface area contributed by atoms with Crippen LogP contribution in [0.2, 0.25) is 30.7 Å². The minimum absolute atomic E-state index is 0.636. The van der Waals surface area contributed by atoms with Crippen LogP contribution in [0.25, 0.3) is 11.0 Å². The maximum absolute atomic E-state index is 6.28. The molecule has 0 radical (unpaired) electrons. The number of halogens is 1. The number of fused-ring (bicyclic) bond motifs is 1. The second-order valence-electron chi connectivity index (χ2n) is 6.68. The van der Waals surface area contributed by atoms with Gasteiger partial charge in [-0.1, -0.05) is 38.2 Å². The molecule has 0 unspecified atom stereocenters. The predicted octanol–water partition coefficient (Wildman–Crippen LogP) is 4.95. The molecule has 0 N–H and O–H groups in total. The number of nitrogens with zero attached hydrogens (tertiary/aromatic N) is 2. The minimum atomic E-state index is -1.03. The Bertz CT molecular complexity index is 604. The fourth-order valence-electron chi connectivity index (χ4n) is 2.32. The van der Waals surface area contributed by atoms with Crippen molar-refractivity contribution in [3.05, 3.63) is 29.0 Å². The largest absolute Gasteiger partial charge is 0.376 e. The summed E-state index contributed by atoms with van der Waals surface area (Å²) in [6.45, 7) is 11.7. The minimum Gasteiger partial charge on any atom is -0.376 e. The first-order valence-electron chi connectivity index (χ1n) is 7.63. The number of aryl methyl sites for hydroxylation is 1. The summed E-state index contributed by atoms with van der Waals surface area (Å²) in [5, 5.41) is 1.79. The molecule has 0 atom stereocenters. The Labute approximate surface area is 133 Å². The van der Waals surface area contributed by atoms with Crippen LogP contribution in [-0.4, -0.2) is 24.2 Å². The molecular weight excluding hydrogens is 300 g/mol. The molecule has 0 aliphatic heterocycles. The molecule has 0 amide bonds. The maximum atomic E-state index is 6.28. The van der Waals surface area contributed by atoms with E-state index in [1.54, 1.807) is 6.20 Å². The van der Waals surface area contributed by atoms with Gasteiger partial charge in [-0.2, -0.15) is 0 Å². The van der Waals surface area contributed by atoms with Gasteiger partial charge in [0.2, 0.25) is 0 Å². The number of ether oxygens (including phenoxy) is 1. The molecule has 0 bridgehead atoms. The van der Waals surface area contributed by atoms with Crippen LogP contribution in [0.1, 0.15) is 19.0 Å². The van der Waals surface area contributed by atoms with Crippen molar-refractivity contribution in [2.24, 2.45) is 0 Å². The van der Waals surface area contributed by atoms with E-state index in [4.69, 9.17) is 16.3 Å². The molecule has 21 heavy (non-hydrogen) atoms. The summed E-state index contributed by atoms with van der Waals surface area (Å²) in [7, 11) is -1.03. The molecule has 0 spiro atoms. The van der Waals surface area contributed by atoms with E-state index in [0.717, 1.165) is 35.6 Å². The zero-order valence-corrected chi connectivity index (χ0v) is 15.2. The number of rotatable bonds is 7. The van der Waals surface area contributed by atoms with Gasteiger partial charge in [0.15, 0.2) is 0 Å². The van der Waals surface area contributed by atoms with Gasteiger partial charge in [-0.05, 0) is 24.6 Å². The average Bonchev–Trinajstić information content (AvgIpc) is 2.74. The third-order valence-corrected chi connectivity index (χ3v) is 5.56. The molecule has 0 saturated carbocycles. The molecule has 2 heterocycles. The normalized spacial score (nSPS) is 12.2. The van der Waals surface area contributed by atoms with Crippen LogP contribution in [0.5, 0.6) is 0 Å². The van der Waals surface area contributed by atoms with E-state index in [1.165, 1.54) is 11.7 Å². The van der Waals surface area contributed by atoms with E-state index < -0.39 is 8.07 Å². The first-order chi connectivity index (χ1) is 9.92. The molecule has 5 heteroatoms. The lowest BCUT2D eigenvalue weighted by molar-refractivity contribution is 0.128. The second kappa shape index (κ2) is 6.94. The van der Waals surface area contributed by atoms with Crippen LogP contribution in [0.15, 0.2) is 18.3 Å². The Kier molecular flexibility index (Phi) is 5.46. The van der Waals surface area contributed by atoms with Crippen LogP contribution in [0.4, 0.5) is 0 Å². The number of hydrogen-bond donors (Lipinski definition) is 0. The molecule has 2 aromatic heterocycles. The molecular formula is C16H25ClN2OSi. The van der Waals surface area contributed by atoms with Crippen LogP contribution in [0.3, 0.4) is 0 Å². The topological polar surface area (TPSA) is 27.1 Å². The van der Waals surface area contributed by atoms with Gasteiger partial charge < -0.3 is 9.30 Å². The van der Waals surface area contributed by atoms with E-state index in [9.17, 15) is 0 Å². The van der Waals surface area contributed by atoms with Gasteiger partial charge in [0.25, 0.3) is 0 Å². The first-order valence-corrected chi connectivity index (χ1v) is 11.7. The average molecular weight is 325 g/mol. The van der Waals surface area contributed by atoms with E-state index in [-0.39, 0.29) is 0 Å². The van der Waals surface area contributed by atoms with E-state index in [1.807, 2.05) is 6.07 Å². The van der Waals surface area contributed by atoms with E-state index in [2.05, 4.69) is 42.2 Å². The zero-order chi connectivity index (χ0) is 15.5. The Morgan fingerprint density at radius 1 is 1.33 bits per heavy atom. The lowest BCUT2D eigenvalue weighted by atomic mass is 10.3. The quantitative estimate of drug-likeness (QED) is 0.532. The molecule has 2 rings (SSSR count). The van der Waals surface area contributed by atoms with E-state index in [0.29, 0.717) is 6.61 Å². The summed E-state index contributed by atoms with van der Waals surface area (Å²) in [6, 6.07) is 5.16. The van der Waals surface area contributed by atoms with Crippen LogP contribution in [-0.2, 0) is 17.9 Å². The third-order valence-electron chi connectivity index (χ3n) is 3.52. The van der Waals surface area contributed by atoms with Crippen LogP contribution < -0.4 is 0 Å². The smallest absolute Gasteiger partial charge is 0.141 e. The molecule has 0 saturated heterocycles. The van der Waals surface area contributed by atoms with Crippen LogP contribution >= 0.6 is 11.6 Å². The first kappa shape index (κ1) is 16.5. The Morgan fingerprint density at radius 2 is 2.10 bits per heavy atom. The van der Waals surface area contributed by atoms with Gasteiger partial charge >= 0.3 is 0 Å². The molecule has 3 nitrogen and oxygen atoms in total. The zero-order valence-electron chi connectivity index (χ0n) is 13.4. The fraction of sp³-hybridized carbons (Fsp3) is 0.562. The monoisotopic (exact) mass is 324 g/mol. The van der Waals surface area contributed by atoms with E-state index >= 15 is 0 Å². The second-order valence-corrected chi connectivity index (χ2v) is 12.7. The highest BCUT2D eigenvalue weighted by Crippen LogP contribution is 2.26. The van der Waals surface area contributed by atoms with Gasteiger partial charge in [0.05, 0.1) is 11.6 Å². The predicted molar refractivity (Wildman–Crippen MR) is 92.8 cm³/mol. The highest BCUT2D eigenvalue weighted by Gasteiger charge is 2.14. The van der Waals surface area contributed by atoms with Crippen molar-refractivity contribution >= 4 is 30.7 Å². The Hall–Kier alpha value is -0.843. The standard InChI is InChI=1S/C16H25ClN2OSi/c1-5-8-19-13(12-20-9-10-21(2,3)4)11-14-15(17)6-7-18-16(14)19/h6-7,11H,5,8-10,12H2,1-4H3. The lowest BCUT2D eigenvalue weighted by Gasteiger charge is -2.16. The summed E-state index contributed by atoms with van der Waals surface area (Å²) in [5.74, 6) is 0. The maximum Gasteiger partial charge on any atom is 0.141 e. The molecule has 2 aromatic rings. The fourth-order valence-corrected chi connectivity index (χ4v) is 3.27. The van der Waals surface area contributed by atoms with Crippen LogP contribution in [0, 0.1) is 0 Å². The molecule has 0 aliphatic rings. The Balaban J connectivity index is 2.15. The van der Waals surface area contributed by atoms with Gasteiger partial charge in [-0.25, -0.2) is 4.98 Å². The van der Waals surface area contributed by atoms with Gasteiger partial charge in [-0.3, -0.25) is 0 Å². The molecule has 0 aromatic carbocycles. The lowest BCUT2D eigenvalue weighted by Crippen LogP contribution is -2.21. The summed E-state index contributed by atoms with van der Waals surface area (Å²) in [6.07, 6.45) is 2.84. The summed E-state index contributed by atoms with van der Waals surface area (Å²) < 4.78 is 8.13. The van der Waals surface area contributed by atoms with Crippen molar-refractivity contribution in [2.45, 2.75) is 52.2 Å². The summed E-state index contributed by atoms with van der Waals surface area (Å²) in [5.41, 5.74) is 2.14. The van der Waals surface area contributed by atoms with Crippen molar-refractivity contribution in [3.8, 4) is 0 Å². The van der Waals surface area contributed by atoms with Gasteiger partial charge in [0.1, 0.15) is 5.65 Å². The van der Waals surface area contributed by atoms with Gasteiger partial charge in [0, 0.05) is 38.5 Å².